The summed E-state index contributed by atoms with van der Waals surface area (Å²) in [5.41, 5.74) is 2.02. The van der Waals surface area contributed by atoms with Gasteiger partial charge in [-0.05, 0) is 27.3 Å². The molecule has 0 spiro atoms. The number of nitro groups is 1. The second-order valence-corrected chi connectivity index (χ2v) is 4.21. The van der Waals surface area contributed by atoms with Crippen molar-refractivity contribution in [2.45, 2.75) is 25.8 Å². The first kappa shape index (κ1) is 13.6. The minimum Gasteiger partial charge on any atom is -0.358 e. The van der Waals surface area contributed by atoms with Crippen LogP contribution in [0.1, 0.15) is 25.8 Å². The number of rotatable bonds is 5. The summed E-state index contributed by atoms with van der Waals surface area (Å²) in [6.07, 6.45) is 2.62. The van der Waals surface area contributed by atoms with Crippen LogP contribution in [0.2, 0.25) is 0 Å². The molecular weight excluding hydrogens is 294 g/mol. The number of nitrogens with one attached hydrogen (secondary N) is 1. The molecule has 0 bridgehead atoms. The van der Waals surface area contributed by atoms with Gasteiger partial charge < -0.3 is 10.1 Å². The monoisotopic (exact) mass is 305 g/mol. The lowest BCUT2D eigenvalue weighted by molar-refractivity contribution is -0.390. The van der Waals surface area contributed by atoms with E-state index in [2.05, 4.69) is 21.0 Å². The molecule has 0 aliphatic rings. The Balaban J connectivity index is 3.06. The van der Waals surface area contributed by atoms with Gasteiger partial charge in [0.1, 0.15) is 4.47 Å². The summed E-state index contributed by atoms with van der Waals surface area (Å²) in [4.78, 5) is 21.5. The molecule has 3 N–H and O–H groups in total. The lowest BCUT2D eigenvalue weighted by Crippen LogP contribution is -2.37. The Morgan fingerprint density at radius 1 is 1.82 bits per heavy atom. The Labute approximate surface area is 105 Å². The lowest BCUT2D eigenvalue weighted by Gasteiger charge is -2.11. The minimum atomic E-state index is -0.644. The molecule has 0 saturated heterocycles. The molecule has 1 aromatic rings. The third-order valence-corrected chi connectivity index (χ3v) is 2.73. The van der Waals surface area contributed by atoms with Crippen molar-refractivity contribution in [3.8, 4) is 0 Å². The number of hydrogen-bond acceptors (Lipinski definition) is 5. The van der Waals surface area contributed by atoms with Crippen molar-refractivity contribution in [3.05, 3.63) is 20.8 Å². The number of carbonyl (C=O) groups excluding carboxylic acids is 1. The minimum absolute atomic E-state index is 0.230. The Morgan fingerprint density at radius 2 is 2.47 bits per heavy atom. The van der Waals surface area contributed by atoms with Crippen LogP contribution in [0, 0.1) is 10.1 Å². The van der Waals surface area contributed by atoms with Crippen LogP contribution in [-0.4, -0.2) is 20.6 Å². The van der Waals surface area contributed by atoms with Crippen LogP contribution in [0.3, 0.4) is 0 Å². The fourth-order valence-electron chi connectivity index (χ4n) is 1.40. The maximum absolute atomic E-state index is 11.5. The maximum atomic E-state index is 11.5. The summed E-state index contributed by atoms with van der Waals surface area (Å²) < 4.78 is 1.47. The van der Waals surface area contributed by atoms with E-state index in [1.165, 1.54) is 10.9 Å². The molecule has 94 valence electrons. The van der Waals surface area contributed by atoms with Crippen molar-refractivity contribution in [2.24, 2.45) is 5.84 Å². The van der Waals surface area contributed by atoms with Gasteiger partial charge in [-0.3, -0.25) is 10.2 Å². The summed E-state index contributed by atoms with van der Waals surface area (Å²) in [5, 5.41) is 14.4. The van der Waals surface area contributed by atoms with E-state index >= 15 is 0 Å². The summed E-state index contributed by atoms with van der Waals surface area (Å²) in [6.45, 7) is 1.89. The van der Waals surface area contributed by atoms with Gasteiger partial charge in [0, 0.05) is 0 Å². The van der Waals surface area contributed by atoms with Crippen LogP contribution in [-0.2, 0) is 4.79 Å². The van der Waals surface area contributed by atoms with Crippen molar-refractivity contribution in [3.63, 3.8) is 0 Å². The van der Waals surface area contributed by atoms with E-state index in [9.17, 15) is 14.9 Å². The van der Waals surface area contributed by atoms with Crippen LogP contribution in [0.4, 0.5) is 5.82 Å². The van der Waals surface area contributed by atoms with Gasteiger partial charge in [0.05, 0.1) is 11.3 Å². The normalized spacial score (nSPS) is 12.2. The predicted octanol–water partition coefficient (Wildman–Crippen LogP) is 0.885. The number of hydrazine groups is 1. The van der Waals surface area contributed by atoms with Crippen LogP contribution < -0.4 is 11.3 Å². The average Bonchev–Trinajstić information content (AvgIpc) is 2.67. The molecule has 0 radical (unpaired) electrons. The molecule has 1 heterocycles. The zero-order valence-corrected chi connectivity index (χ0v) is 10.7. The SMILES string of the molecule is CCCC(C(=O)NN)n1cc(Br)c([N+](=O)[O-])n1. The van der Waals surface area contributed by atoms with Gasteiger partial charge in [0.25, 0.3) is 5.91 Å². The highest BCUT2D eigenvalue weighted by molar-refractivity contribution is 9.10. The van der Waals surface area contributed by atoms with E-state index in [0.29, 0.717) is 6.42 Å². The maximum Gasteiger partial charge on any atom is 0.404 e. The van der Waals surface area contributed by atoms with Crippen molar-refractivity contribution in [2.75, 3.05) is 0 Å². The fourth-order valence-corrected chi connectivity index (χ4v) is 1.83. The molecule has 9 heteroatoms. The number of halogens is 1. The zero-order valence-electron chi connectivity index (χ0n) is 9.09. The van der Waals surface area contributed by atoms with Crippen molar-refractivity contribution in [1.82, 2.24) is 15.2 Å². The number of aromatic nitrogens is 2. The summed E-state index contributed by atoms with van der Waals surface area (Å²) >= 11 is 3.02. The van der Waals surface area contributed by atoms with Crippen LogP contribution in [0.15, 0.2) is 10.7 Å². The number of nitrogens with zero attached hydrogens (tertiary/aromatic N) is 3. The van der Waals surface area contributed by atoms with E-state index in [1.807, 2.05) is 12.3 Å². The highest BCUT2D eigenvalue weighted by Gasteiger charge is 2.27. The molecular formula is C8H12BrN5O3. The summed E-state index contributed by atoms with van der Waals surface area (Å²) in [5.74, 6) is 4.30. The van der Waals surface area contributed by atoms with Crippen LogP contribution in [0.25, 0.3) is 0 Å². The topological polar surface area (TPSA) is 116 Å². The average molecular weight is 306 g/mol. The molecule has 1 rings (SSSR count). The quantitative estimate of drug-likeness (QED) is 0.362. The first-order chi connectivity index (χ1) is 8.01. The Bertz CT molecular complexity index is 433. The van der Waals surface area contributed by atoms with E-state index in [-0.39, 0.29) is 10.3 Å². The molecule has 1 amide bonds. The lowest BCUT2D eigenvalue weighted by atomic mass is 10.1. The first-order valence-electron chi connectivity index (χ1n) is 4.90. The van der Waals surface area contributed by atoms with Crippen molar-refractivity contribution >= 4 is 27.7 Å². The van der Waals surface area contributed by atoms with E-state index < -0.39 is 16.9 Å². The summed E-state index contributed by atoms with van der Waals surface area (Å²) in [7, 11) is 0. The second-order valence-electron chi connectivity index (χ2n) is 3.35. The van der Waals surface area contributed by atoms with Crippen molar-refractivity contribution in [1.29, 1.82) is 0 Å². The fraction of sp³-hybridized carbons (Fsp3) is 0.500. The predicted molar refractivity (Wildman–Crippen MR) is 62.9 cm³/mol. The second kappa shape index (κ2) is 5.73. The highest BCUT2D eigenvalue weighted by atomic mass is 79.9. The van der Waals surface area contributed by atoms with E-state index in [4.69, 9.17) is 5.84 Å². The Kier molecular flexibility index (Phi) is 4.58. The zero-order chi connectivity index (χ0) is 13.0. The first-order valence-corrected chi connectivity index (χ1v) is 5.70. The van der Waals surface area contributed by atoms with Gasteiger partial charge in [-0.1, -0.05) is 13.3 Å². The largest absolute Gasteiger partial charge is 0.404 e. The number of nitrogens with two attached hydrogens (primary N) is 1. The Morgan fingerprint density at radius 3 is 2.88 bits per heavy atom. The molecule has 0 aromatic carbocycles. The van der Waals surface area contributed by atoms with E-state index in [1.54, 1.807) is 0 Å². The molecule has 0 aliphatic carbocycles. The van der Waals surface area contributed by atoms with Gasteiger partial charge in [0.15, 0.2) is 6.04 Å². The third kappa shape index (κ3) is 3.01. The van der Waals surface area contributed by atoms with Gasteiger partial charge in [-0.2, -0.15) is 4.68 Å². The van der Waals surface area contributed by atoms with Gasteiger partial charge in [0.2, 0.25) is 0 Å². The van der Waals surface area contributed by atoms with Crippen LogP contribution >= 0.6 is 15.9 Å². The molecule has 8 nitrogen and oxygen atoms in total. The molecule has 17 heavy (non-hydrogen) atoms. The van der Waals surface area contributed by atoms with Gasteiger partial charge in [-0.25, -0.2) is 5.84 Å². The number of carbonyl (C=O) groups is 1. The van der Waals surface area contributed by atoms with Gasteiger partial charge >= 0.3 is 5.82 Å². The summed E-state index contributed by atoms with van der Waals surface area (Å²) in [6, 6.07) is -0.644. The molecule has 0 saturated carbocycles. The van der Waals surface area contributed by atoms with Gasteiger partial charge in [-0.15, -0.1) is 0 Å². The molecule has 1 aromatic heterocycles. The van der Waals surface area contributed by atoms with Crippen molar-refractivity contribution < 1.29 is 9.72 Å². The smallest absolute Gasteiger partial charge is 0.358 e. The molecule has 0 fully saturated rings. The Hall–Kier alpha value is -1.48. The number of hydrogen-bond donors (Lipinski definition) is 2. The molecule has 1 unspecified atom stereocenters. The highest BCUT2D eigenvalue weighted by Crippen LogP contribution is 2.25. The number of amides is 1. The van der Waals surface area contributed by atoms with Crippen LogP contribution in [0.5, 0.6) is 0 Å². The molecule has 0 aliphatic heterocycles. The molecule has 1 atom stereocenters. The standard InChI is InChI=1S/C8H12BrN5O3/c1-2-3-6(8(15)11-10)13-4-5(9)7(12-13)14(16)17/h4,6H,2-3,10H2,1H3,(H,11,15). The van der Waals surface area contributed by atoms with E-state index in [0.717, 1.165) is 6.42 Å². The third-order valence-electron chi connectivity index (χ3n) is 2.17.